The predicted octanol–water partition coefficient (Wildman–Crippen LogP) is 7.10. The van der Waals surface area contributed by atoms with Crippen LogP contribution in [0.3, 0.4) is 0 Å². The van der Waals surface area contributed by atoms with Crippen molar-refractivity contribution in [1.29, 1.82) is 0 Å². The van der Waals surface area contributed by atoms with E-state index in [1.165, 1.54) is 4.88 Å². The molecule has 1 aromatic heterocycles. The van der Waals surface area contributed by atoms with Crippen LogP contribution >= 0.6 is 11.3 Å². The Kier molecular flexibility index (Phi) is 9.38. The average Bonchev–Trinajstić information content (AvgIpc) is 3.33. The Morgan fingerprint density at radius 3 is 2.34 bits per heavy atom. The number of ether oxygens (including phenoxy) is 4. The highest BCUT2D eigenvalue weighted by Gasteiger charge is 2.33. The first-order valence-corrected chi connectivity index (χ1v) is 14.5. The molecule has 1 aliphatic rings. The predicted molar refractivity (Wildman–Crippen MR) is 163 cm³/mol. The van der Waals surface area contributed by atoms with Crippen LogP contribution < -0.4 is 19.5 Å². The molecule has 2 aromatic carbocycles. The minimum Gasteiger partial charge on any atom is -0.493 e. The van der Waals surface area contributed by atoms with Crippen molar-refractivity contribution in [3.63, 3.8) is 0 Å². The van der Waals surface area contributed by atoms with Gasteiger partial charge in [0, 0.05) is 22.3 Å². The maximum Gasteiger partial charge on any atom is 0.338 e. The average molecular weight is 579 g/mol. The molecule has 0 aliphatic heterocycles. The van der Waals surface area contributed by atoms with Crippen molar-refractivity contribution in [2.75, 3.05) is 33.3 Å². The van der Waals surface area contributed by atoms with Gasteiger partial charge in [0.2, 0.25) is 5.75 Å². The lowest BCUT2D eigenvalue weighted by Gasteiger charge is -2.33. The van der Waals surface area contributed by atoms with Gasteiger partial charge in [-0.05, 0) is 79.5 Å². The lowest BCUT2D eigenvalue weighted by molar-refractivity contribution is 0.0526. The number of rotatable bonds is 9. The highest BCUT2D eigenvalue weighted by molar-refractivity contribution is 7.16. The second-order valence-electron chi connectivity index (χ2n) is 10.9. The molecule has 3 aromatic rings. The molecule has 1 atom stereocenters. The molecule has 0 bridgehead atoms. The van der Waals surface area contributed by atoms with Crippen molar-refractivity contribution < 1.29 is 28.5 Å². The first-order chi connectivity index (χ1) is 19.6. The van der Waals surface area contributed by atoms with Gasteiger partial charge in [-0.15, -0.1) is 11.3 Å². The second-order valence-corrected chi connectivity index (χ2v) is 12.0. The molecule has 9 heteroatoms. The topological polar surface area (TPSA) is 95.5 Å². The number of fused-ring (bicyclic) bond motifs is 1. The molecule has 0 saturated heterocycles. The summed E-state index contributed by atoms with van der Waals surface area (Å²) in [6, 6.07) is 10.3. The summed E-state index contributed by atoms with van der Waals surface area (Å²) in [6.45, 7) is 8.87. The molecule has 41 heavy (non-hydrogen) atoms. The third kappa shape index (κ3) is 6.56. The summed E-state index contributed by atoms with van der Waals surface area (Å²) in [5.74, 6) is 1.41. The summed E-state index contributed by atoms with van der Waals surface area (Å²) in [6.07, 6.45) is 4.43. The van der Waals surface area contributed by atoms with Crippen LogP contribution in [0.2, 0.25) is 0 Å². The van der Waals surface area contributed by atoms with Crippen LogP contribution in [0.4, 0.5) is 10.7 Å². The SMILES string of the molecule is CCOC(=O)c1ccc(NC(=O)c2c(N=Cc3ccc(OC)c(OC)c3OC)sc3c2CC[C@@H](C(C)(C)C)C3)cc1. The Morgan fingerprint density at radius 1 is 1.02 bits per heavy atom. The fourth-order valence-corrected chi connectivity index (χ4v) is 6.36. The van der Waals surface area contributed by atoms with E-state index < -0.39 is 5.97 Å². The van der Waals surface area contributed by atoms with Gasteiger partial charge in [0.05, 0.1) is 39.1 Å². The maximum absolute atomic E-state index is 13.8. The molecule has 0 fully saturated rings. The minimum absolute atomic E-state index is 0.168. The zero-order chi connectivity index (χ0) is 29.7. The fraction of sp³-hybridized carbons (Fsp3) is 0.406. The van der Waals surface area contributed by atoms with Gasteiger partial charge in [0.15, 0.2) is 11.5 Å². The zero-order valence-corrected chi connectivity index (χ0v) is 25.6. The molecule has 0 radical (unpaired) electrons. The largest absolute Gasteiger partial charge is 0.493 e. The van der Waals surface area contributed by atoms with Gasteiger partial charge in [-0.25, -0.2) is 9.79 Å². The summed E-state index contributed by atoms with van der Waals surface area (Å²) in [7, 11) is 4.69. The summed E-state index contributed by atoms with van der Waals surface area (Å²) >= 11 is 1.57. The lowest BCUT2D eigenvalue weighted by Crippen LogP contribution is -2.27. The van der Waals surface area contributed by atoms with Gasteiger partial charge in [0.1, 0.15) is 5.00 Å². The highest BCUT2D eigenvalue weighted by atomic mass is 32.1. The van der Waals surface area contributed by atoms with Crippen LogP contribution in [0.15, 0.2) is 41.4 Å². The van der Waals surface area contributed by atoms with E-state index >= 15 is 0 Å². The summed E-state index contributed by atoms with van der Waals surface area (Å²) in [5.41, 5.74) is 3.53. The Balaban J connectivity index is 1.70. The molecular weight excluding hydrogens is 540 g/mol. The Bertz CT molecular complexity index is 1440. The van der Waals surface area contributed by atoms with Crippen LogP contribution in [-0.4, -0.2) is 46.0 Å². The standard InChI is InChI=1S/C32H38N2O6S/c1-8-40-31(36)19-9-13-22(14-10-19)34-29(35)26-23-15-12-21(32(2,3)4)17-25(23)41-30(26)33-18-20-11-16-24(37-5)28(39-7)27(20)38-6/h9-11,13-14,16,18,21H,8,12,15,17H2,1-7H3,(H,34,35)/t21-/m1/s1. The first kappa shape index (κ1) is 30.1. The Labute approximate surface area is 245 Å². The normalized spacial score (nSPS) is 14.9. The van der Waals surface area contributed by atoms with Crippen molar-refractivity contribution in [3.05, 3.63) is 63.5 Å². The van der Waals surface area contributed by atoms with E-state index in [0.717, 1.165) is 24.8 Å². The number of anilines is 1. The fourth-order valence-electron chi connectivity index (χ4n) is 5.09. The second kappa shape index (κ2) is 12.8. The highest BCUT2D eigenvalue weighted by Crippen LogP contribution is 2.46. The lowest BCUT2D eigenvalue weighted by atomic mass is 9.72. The molecule has 4 rings (SSSR count). The molecule has 1 amide bonds. The van der Waals surface area contributed by atoms with Gasteiger partial charge in [0.25, 0.3) is 5.91 Å². The molecular formula is C32H38N2O6S. The monoisotopic (exact) mass is 578 g/mol. The van der Waals surface area contributed by atoms with E-state index in [4.69, 9.17) is 23.9 Å². The quantitative estimate of drug-likeness (QED) is 0.215. The maximum atomic E-state index is 13.8. The first-order valence-electron chi connectivity index (χ1n) is 13.7. The number of methoxy groups -OCH3 is 3. The third-order valence-corrected chi connectivity index (χ3v) is 8.57. The summed E-state index contributed by atoms with van der Waals surface area (Å²) in [5, 5.41) is 3.65. The van der Waals surface area contributed by atoms with Gasteiger partial charge < -0.3 is 24.3 Å². The van der Waals surface area contributed by atoms with E-state index in [9.17, 15) is 9.59 Å². The molecule has 1 N–H and O–H groups in total. The number of hydrogen-bond donors (Lipinski definition) is 1. The number of nitrogens with zero attached hydrogens (tertiary/aromatic N) is 1. The smallest absolute Gasteiger partial charge is 0.338 e. The molecule has 0 spiro atoms. The van der Waals surface area contributed by atoms with E-state index in [-0.39, 0.29) is 11.3 Å². The molecule has 0 saturated carbocycles. The van der Waals surface area contributed by atoms with Crippen molar-refractivity contribution in [1.82, 2.24) is 0 Å². The molecule has 1 heterocycles. The van der Waals surface area contributed by atoms with Gasteiger partial charge in [-0.3, -0.25) is 4.79 Å². The molecule has 0 unspecified atom stereocenters. The van der Waals surface area contributed by atoms with E-state index in [1.54, 1.807) is 76.1 Å². The van der Waals surface area contributed by atoms with Gasteiger partial charge in [-0.1, -0.05) is 20.8 Å². The number of thiophene rings is 1. The molecule has 218 valence electrons. The number of aliphatic imine (C=N–C) groups is 1. The minimum atomic E-state index is -0.395. The summed E-state index contributed by atoms with van der Waals surface area (Å²) < 4.78 is 21.6. The van der Waals surface area contributed by atoms with Crippen molar-refractivity contribution >= 4 is 40.1 Å². The summed E-state index contributed by atoms with van der Waals surface area (Å²) in [4.78, 5) is 31.8. The van der Waals surface area contributed by atoms with Crippen molar-refractivity contribution in [3.8, 4) is 17.2 Å². The van der Waals surface area contributed by atoms with Crippen LogP contribution in [0.25, 0.3) is 0 Å². The molecule has 1 aliphatic carbocycles. The van der Waals surface area contributed by atoms with E-state index in [0.29, 0.717) is 57.2 Å². The number of benzene rings is 2. The number of nitrogens with one attached hydrogen (secondary N) is 1. The number of carbonyl (C=O) groups is 2. The van der Waals surface area contributed by atoms with Crippen LogP contribution in [-0.2, 0) is 17.6 Å². The molecule has 8 nitrogen and oxygen atoms in total. The van der Waals surface area contributed by atoms with Crippen LogP contribution in [0, 0.1) is 11.3 Å². The van der Waals surface area contributed by atoms with Gasteiger partial charge in [-0.2, -0.15) is 0 Å². The Hall–Kier alpha value is -3.85. The van der Waals surface area contributed by atoms with Gasteiger partial charge >= 0.3 is 5.97 Å². The van der Waals surface area contributed by atoms with Crippen molar-refractivity contribution in [2.45, 2.75) is 47.0 Å². The van der Waals surface area contributed by atoms with E-state index in [2.05, 4.69) is 26.1 Å². The number of hydrogen-bond acceptors (Lipinski definition) is 8. The number of carbonyl (C=O) groups excluding carboxylic acids is 2. The third-order valence-electron chi connectivity index (χ3n) is 7.41. The van der Waals surface area contributed by atoms with Crippen LogP contribution in [0.5, 0.6) is 17.2 Å². The van der Waals surface area contributed by atoms with E-state index in [1.807, 2.05) is 6.07 Å². The van der Waals surface area contributed by atoms with Crippen molar-refractivity contribution in [2.24, 2.45) is 16.3 Å². The number of esters is 1. The van der Waals surface area contributed by atoms with Crippen LogP contribution in [0.1, 0.15) is 70.8 Å². The Morgan fingerprint density at radius 2 is 1.73 bits per heavy atom. The number of amides is 1. The zero-order valence-electron chi connectivity index (χ0n) is 24.8.